The van der Waals surface area contributed by atoms with Crippen molar-refractivity contribution in [3.8, 4) is 0 Å². The van der Waals surface area contributed by atoms with Crippen LogP contribution in [0.2, 0.25) is 0 Å². The molecule has 3 fully saturated rings. The van der Waals surface area contributed by atoms with Crippen LogP contribution in [0.1, 0.15) is 38.1 Å². The average molecular weight is 396 g/mol. The smallest absolute Gasteiger partial charge is 0.245 e. The van der Waals surface area contributed by atoms with Crippen molar-refractivity contribution >= 4 is 17.5 Å². The number of nitrogens with zero attached hydrogens (tertiary/aromatic N) is 7. The van der Waals surface area contributed by atoms with Gasteiger partial charge in [-0.1, -0.05) is 36.1 Å². The minimum atomic E-state index is 0.178. The number of rotatable bonds is 4. The van der Waals surface area contributed by atoms with Crippen LogP contribution in [0.15, 0.2) is 30.3 Å². The van der Waals surface area contributed by atoms with E-state index in [1.165, 1.54) is 18.5 Å². The number of aromatic nitrogens is 4. The SMILES string of the molecule is O=C(C1CCCC1)N1CCC(n2nnnc2N2CCN(c3ccccc3)CC2)C1. The molecule has 1 aromatic carbocycles. The van der Waals surface area contributed by atoms with Crippen LogP contribution in [0.25, 0.3) is 0 Å². The van der Waals surface area contributed by atoms with E-state index >= 15 is 0 Å². The monoisotopic (exact) mass is 395 g/mol. The van der Waals surface area contributed by atoms with Crippen LogP contribution in [0, 0.1) is 5.92 Å². The van der Waals surface area contributed by atoms with Gasteiger partial charge >= 0.3 is 0 Å². The standard InChI is InChI=1S/C21H29N7O/c29-20(17-6-4-5-7-17)27-11-10-19(16-27)28-21(22-23-24-28)26-14-12-25(13-15-26)18-8-2-1-3-9-18/h1-3,8-9,17,19H,4-7,10-16H2. The molecule has 29 heavy (non-hydrogen) atoms. The summed E-state index contributed by atoms with van der Waals surface area (Å²) in [6, 6.07) is 10.7. The van der Waals surface area contributed by atoms with Crippen molar-refractivity contribution in [3.05, 3.63) is 30.3 Å². The molecule has 1 aliphatic carbocycles. The summed E-state index contributed by atoms with van der Waals surface area (Å²) in [6.07, 6.45) is 5.43. The first-order valence-corrected chi connectivity index (χ1v) is 10.9. The molecule has 0 N–H and O–H groups in total. The second-order valence-electron chi connectivity index (χ2n) is 8.44. The van der Waals surface area contributed by atoms with E-state index in [2.05, 4.69) is 55.7 Å². The molecule has 0 bridgehead atoms. The molecular weight excluding hydrogens is 366 g/mol. The van der Waals surface area contributed by atoms with E-state index in [0.717, 1.165) is 64.5 Å². The van der Waals surface area contributed by atoms with Crippen molar-refractivity contribution in [2.75, 3.05) is 49.1 Å². The second kappa shape index (κ2) is 8.00. The zero-order chi connectivity index (χ0) is 19.6. The normalized spacial score (nSPS) is 23.2. The van der Waals surface area contributed by atoms with Crippen molar-refractivity contribution in [1.82, 2.24) is 25.1 Å². The first-order valence-electron chi connectivity index (χ1n) is 10.9. The molecule has 154 valence electrons. The molecule has 3 heterocycles. The Morgan fingerprint density at radius 1 is 0.897 bits per heavy atom. The summed E-state index contributed by atoms with van der Waals surface area (Å²) in [5, 5.41) is 12.6. The molecule has 1 amide bonds. The molecule has 1 unspecified atom stereocenters. The lowest BCUT2D eigenvalue weighted by Crippen LogP contribution is -2.47. The summed E-state index contributed by atoms with van der Waals surface area (Å²) in [4.78, 5) is 19.5. The van der Waals surface area contributed by atoms with E-state index in [0.29, 0.717) is 5.91 Å². The Hall–Kier alpha value is -2.64. The Balaban J connectivity index is 1.22. The number of tetrazole rings is 1. The third-order valence-corrected chi connectivity index (χ3v) is 6.68. The van der Waals surface area contributed by atoms with E-state index in [-0.39, 0.29) is 12.0 Å². The number of para-hydroxylation sites is 1. The van der Waals surface area contributed by atoms with Gasteiger partial charge in [0.2, 0.25) is 11.9 Å². The largest absolute Gasteiger partial charge is 0.368 e. The number of carbonyl (C=O) groups is 1. The summed E-state index contributed by atoms with van der Waals surface area (Å²) in [5.74, 6) is 1.43. The number of likely N-dealkylation sites (tertiary alicyclic amines) is 1. The predicted octanol–water partition coefficient (Wildman–Crippen LogP) is 1.96. The van der Waals surface area contributed by atoms with Crippen molar-refractivity contribution in [2.45, 2.75) is 38.1 Å². The third-order valence-electron chi connectivity index (χ3n) is 6.68. The molecule has 5 rings (SSSR count). The molecular formula is C21H29N7O. The maximum Gasteiger partial charge on any atom is 0.245 e. The molecule has 0 radical (unpaired) electrons. The van der Waals surface area contributed by atoms with Gasteiger partial charge in [-0.25, -0.2) is 4.68 Å². The highest BCUT2D eigenvalue weighted by atomic mass is 16.2. The summed E-state index contributed by atoms with van der Waals surface area (Å²) >= 11 is 0. The van der Waals surface area contributed by atoms with E-state index < -0.39 is 0 Å². The Kier molecular flexibility index (Phi) is 5.08. The number of amides is 1. The van der Waals surface area contributed by atoms with Gasteiger partial charge in [0, 0.05) is 50.9 Å². The Bertz CT molecular complexity index is 825. The molecule has 2 saturated heterocycles. The van der Waals surface area contributed by atoms with Gasteiger partial charge in [-0.05, 0) is 41.8 Å². The van der Waals surface area contributed by atoms with Crippen molar-refractivity contribution < 1.29 is 4.79 Å². The summed E-state index contributed by atoms with van der Waals surface area (Å²) in [5.41, 5.74) is 1.27. The highest BCUT2D eigenvalue weighted by molar-refractivity contribution is 5.79. The fourth-order valence-corrected chi connectivity index (χ4v) is 5.01. The molecule has 2 aliphatic heterocycles. The average Bonchev–Trinajstić information content (AvgIpc) is 3.55. The number of piperazine rings is 1. The van der Waals surface area contributed by atoms with Crippen molar-refractivity contribution in [3.63, 3.8) is 0 Å². The van der Waals surface area contributed by atoms with Gasteiger partial charge in [-0.2, -0.15) is 0 Å². The van der Waals surface area contributed by atoms with Crippen LogP contribution in [0.5, 0.6) is 0 Å². The molecule has 8 heteroatoms. The maximum atomic E-state index is 12.8. The second-order valence-corrected chi connectivity index (χ2v) is 8.44. The van der Waals surface area contributed by atoms with Crippen LogP contribution < -0.4 is 9.80 Å². The van der Waals surface area contributed by atoms with Crippen LogP contribution in [0.4, 0.5) is 11.6 Å². The summed E-state index contributed by atoms with van der Waals surface area (Å²) in [7, 11) is 0. The van der Waals surface area contributed by atoms with Gasteiger partial charge in [0.25, 0.3) is 0 Å². The third kappa shape index (κ3) is 3.68. The Morgan fingerprint density at radius 3 is 2.38 bits per heavy atom. The number of hydrogen-bond donors (Lipinski definition) is 0. The first kappa shape index (κ1) is 18.4. The molecule has 1 saturated carbocycles. The van der Waals surface area contributed by atoms with Gasteiger partial charge in [-0.15, -0.1) is 0 Å². The summed E-state index contributed by atoms with van der Waals surface area (Å²) < 4.78 is 1.96. The molecule has 8 nitrogen and oxygen atoms in total. The van der Waals surface area contributed by atoms with E-state index in [1.54, 1.807) is 0 Å². The van der Waals surface area contributed by atoms with Crippen molar-refractivity contribution in [1.29, 1.82) is 0 Å². The maximum absolute atomic E-state index is 12.8. The minimum Gasteiger partial charge on any atom is -0.368 e. The van der Waals surface area contributed by atoms with Gasteiger partial charge in [0.05, 0.1) is 6.04 Å². The molecule has 1 aromatic heterocycles. The highest BCUT2D eigenvalue weighted by Gasteiger charge is 2.35. The van der Waals surface area contributed by atoms with Gasteiger partial charge in [0.15, 0.2) is 0 Å². The van der Waals surface area contributed by atoms with Crippen molar-refractivity contribution in [2.24, 2.45) is 5.92 Å². The fraction of sp³-hybridized carbons (Fsp3) is 0.619. The Labute approximate surface area is 171 Å². The lowest BCUT2D eigenvalue weighted by atomic mass is 10.1. The van der Waals surface area contributed by atoms with Crippen LogP contribution in [0.3, 0.4) is 0 Å². The van der Waals surface area contributed by atoms with E-state index in [1.807, 2.05) is 9.58 Å². The number of carbonyl (C=O) groups excluding carboxylic acids is 1. The molecule has 0 spiro atoms. The van der Waals surface area contributed by atoms with Crippen LogP contribution >= 0.6 is 0 Å². The van der Waals surface area contributed by atoms with Crippen LogP contribution in [-0.2, 0) is 4.79 Å². The minimum absolute atomic E-state index is 0.178. The zero-order valence-corrected chi connectivity index (χ0v) is 16.9. The molecule has 2 aromatic rings. The number of hydrogen-bond acceptors (Lipinski definition) is 6. The number of benzene rings is 1. The quantitative estimate of drug-likeness (QED) is 0.788. The topological polar surface area (TPSA) is 70.4 Å². The van der Waals surface area contributed by atoms with E-state index in [4.69, 9.17) is 0 Å². The highest BCUT2D eigenvalue weighted by Crippen LogP contribution is 2.31. The van der Waals surface area contributed by atoms with Gasteiger partial charge in [-0.3, -0.25) is 4.79 Å². The first-order chi connectivity index (χ1) is 14.3. The lowest BCUT2D eigenvalue weighted by Gasteiger charge is -2.36. The fourth-order valence-electron chi connectivity index (χ4n) is 5.01. The molecule has 3 aliphatic rings. The zero-order valence-electron chi connectivity index (χ0n) is 16.9. The molecule has 1 atom stereocenters. The van der Waals surface area contributed by atoms with Gasteiger partial charge in [0.1, 0.15) is 0 Å². The van der Waals surface area contributed by atoms with E-state index in [9.17, 15) is 4.79 Å². The van der Waals surface area contributed by atoms with Gasteiger partial charge < -0.3 is 14.7 Å². The Morgan fingerprint density at radius 2 is 1.62 bits per heavy atom. The predicted molar refractivity (Wildman–Crippen MR) is 111 cm³/mol. The van der Waals surface area contributed by atoms with Crippen LogP contribution in [-0.4, -0.2) is 70.3 Å². The number of anilines is 2. The summed E-state index contributed by atoms with van der Waals surface area (Å²) in [6.45, 7) is 5.25. The lowest BCUT2D eigenvalue weighted by molar-refractivity contribution is -0.134.